The maximum atomic E-state index is 12.0. The molecule has 0 bridgehead atoms. The fraction of sp³-hybridized carbons (Fsp3) is 0.571. The minimum atomic E-state index is -2.46. The Morgan fingerprint density at radius 1 is 1.30 bits per heavy atom. The molecular weight excluding hydrogens is 266 g/mol. The molecule has 20 heavy (non-hydrogen) atoms. The molecule has 1 aromatic rings. The van der Waals surface area contributed by atoms with Crippen LogP contribution in [0.1, 0.15) is 5.56 Å². The molecule has 0 spiro atoms. The second kappa shape index (κ2) is 7.52. The van der Waals surface area contributed by atoms with Crippen LogP contribution in [0.2, 0.25) is 0 Å². The van der Waals surface area contributed by atoms with Crippen molar-refractivity contribution in [2.24, 2.45) is 5.92 Å². The van der Waals surface area contributed by atoms with Crippen LogP contribution in [-0.2, 0) is 6.54 Å². The molecule has 1 fully saturated rings. The molecule has 2 atom stereocenters. The molecule has 1 saturated heterocycles. The lowest BCUT2D eigenvalue weighted by atomic mass is 10.1. The number of aliphatic hydroxyl groups excluding tert-OH is 1. The van der Waals surface area contributed by atoms with Crippen molar-refractivity contribution in [2.75, 3.05) is 26.2 Å². The minimum absolute atomic E-state index is 0.239. The van der Waals surface area contributed by atoms with Crippen molar-refractivity contribution < 1.29 is 18.6 Å². The monoisotopic (exact) mass is 286 g/mol. The number of ether oxygens (including phenoxy) is 1. The summed E-state index contributed by atoms with van der Waals surface area (Å²) in [6, 6.07) is 7.06. The molecule has 0 amide bonds. The van der Waals surface area contributed by atoms with Gasteiger partial charge in [-0.05, 0) is 17.7 Å². The van der Waals surface area contributed by atoms with Crippen LogP contribution in [0.25, 0.3) is 0 Å². The third kappa shape index (κ3) is 4.70. The number of benzene rings is 1. The number of β-amino-alcohol motifs (C(OH)–C–C–N with tert-alkyl or cyclic N) is 1. The molecule has 1 aromatic carbocycles. The van der Waals surface area contributed by atoms with Gasteiger partial charge in [-0.25, -0.2) is 8.78 Å². The van der Waals surface area contributed by atoms with Crippen molar-refractivity contribution in [3.63, 3.8) is 0 Å². The highest BCUT2D eigenvalue weighted by Crippen LogP contribution is 2.13. The van der Waals surface area contributed by atoms with E-state index in [9.17, 15) is 13.9 Å². The standard InChI is InChI=1S/C14H20F2N2O2/c15-14(16)9-20-12-3-1-10(2-4-12)5-17-6-11-7-18-8-13(11)19/h1-4,11,13-14,17-19H,5-9H2. The van der Waals surface area contributed by atoms with Crippen LogP contribution in [0.5, 0.6) is 5.75 Å². The average Bonchev–Trinajstić information content (AvgIpc) is 2.83. The summed E-state index contributed by atoms with van der Waals surface area (Å²) in [5, 5.41) is 16.1. The van der Waals surface area contributed by atoms with E-state index in [1.807, 2.05) is 12.1 Å². The number of rotatable bonds is 7. The maximum absolute atomic E-state index is 12.0. The van der Waals surface area contributed by atoms with E-state index in [2.05, 4.69) is 10.6 Å². The number of alkyl halides is 2. The first-order valence-electron chi connectivity index (χ1n) is 6.74. The molecule has 1 heterocycles. The predicted molar refractivity (Wildman–Crippen MR) is 72.0 cm³/mol. The highest BCUT2D eigenvalue weighted by atomic mass is 19.3. The Labute approximate surface area is 117 Å². The molecule has 1 aliphatic rings. The van der Waals surface area contributed by atoms with Gasteiger partial charge in [-0.2, -0.15) is 0 Å². The first-order chi connectivity index (χ1) is 9.65. The summed E-state index contributed by atoms with van der Waals surface area (Å²) in [6.07, 6.45) is -2.74. The van der Waals surface area contributed by atoms with Crippen LogP contribution >= 0.6 is 0 Å². The summed E-state index contributed by atoms with van der Waals surface area (Å²) < 4.78 is 28.9. The van der Waals surface area contributed by atoms with Gasteiger partial charge in [0.2, 0.25) is 0 Å². The van der Waals surface area contributed by atoms with Crippen LogP contribution in [0.4, 0.5) is 8.78 Å². The third-order valence-electron chi connectivity index (χ3n) is 3.34. The van der Waals surface area contributed by atoms with E-state index >= 15 is 0 Å². The Balaban J connectivity index is 1.70. The number of hydrogen-bond acceptors (Lipinski definition) is 4. The van der Waals surface area contributed by atoms with Gasteiger partial charge in [0.25, 0.3) is 6.43 Å². The maximum Gasteiger partial charge on any atom is 0.272 e. The lowest BCUT2D eigenvalue weighted by Crippen LogP contribution is -2.30. The Morgan fingerprint density at radius 3 is 2.65 bits per heavy atom. The number of hydrogen-bond donors (Lipinski definition) is 3. The van der Waals surface area contributed by atoms with Crippen molar-refractivity contribution >= 4 is 0 Å². The number of aliphatic hydroxyl groups is 1. The molecule has 0 aliphatic carbocycles. The van der Waals surface area contributed by atoms with Crippen LogP contribution in [0, 0.1) is 5.92 Å². The zero-order valence-corrected chi connectivity index (χ0v) is 11.2. The van der Waals surface area contributed by atoms with Crippen LogP contribution in [0.3, 0.4) is 0 Å². The lowest BCUT2D eigenvalue weighted by molar-refractivity contribution is 0.0819. The van der Waals surface area contributed by atoms with E-state index in [1.54, 1.807) is 12.1 Å². The van der Waals surface area contributed by atoms with Crippen molar-refractivity contribution in [1.29, 1.82) is 0 Å². The lowest BCUT2D eigenvalue weighted by Gasteiger charge is -2.14. The largest absolute Gasteiger partial charge is 0.488 e. The zero-order chi connectivity index (χ0) is 14.4. The minimum Gasteiger partial charge on any atom is -0.488 e. The topological polar surface area (TPSA) is 53.5 Å². The number of nitrogens with one attached hydrogen (secondary N) is 2. The Hall–Kier alpha value is -1.24. The first kappa shape index (κ1) is 15.2. The van der Waals surface area contributed by atoms with Gasteiger partial charge in [0.15, 0.2) is 0 Å². The third-order valence-corrected chi connectivity index (χ3v) is 3.34. The zero-order valence-electron chi connectivity index (χ0n) is 11.2. The first-order valence-corrected chi connectivity index (χ1v) is 6.74. The molecule has 6 heteroatoms. The summed E-state index contributed by atoms with van der Waals surface area (Å²) >= 11 is 0. The van der Waals surface area contributed by atoms with Crippen molar-refractivity contribution in [1.82, 2.24) is 10.6 Å². The van der Waals surface area contributed by atoms with Crippen molar-refractivity contribution in [3.05, 3.63) is 29.8 Å². The summed E-state index contributed by atoms with van der Waals surface area (Å²) in [5.41, 5.74) is 1.05. The van der Waals surface area contributed by atoms with Gasteiger partial charge in [0.05, 0.1) is 6.10 Å². The van der Waals surface area contributed by atoms with Crippen LogP contribution in [0.15, 0.2) is 24.3 Å². The second-order valence-corrected chi connectivity index (χ2v) is 4.96. The molecule has 2 rings (SSSR count). The van der Waals surface area contributed by atoms with E-state index in [1.165, 1.54) is 0 Å². The van der Waals surface area contributed by atoms with Crippen molar-refractivity contribution in [2.45, 2.75) is 19.1 Å². The number of halogens is 2. The van der Waals surface area contributed by atoms with Crippen LogP contribution < -0.4 is 15.4 Å². The summed E-state index contributed by atoms with van der Waals surface area (Å²) in [4.78, 5) is 0. The fourth-order valence-corrected chi connectivity index (χ4v) is 2.19. The molecule has 0 saturated carbocycles. The summed E-state index contributed by atoms with van der Waals surface area (Å²) in [7, 11) is 0. The highest BCUT2D eigenvalue weighted by molar-refractivity contribution is 5.27. The summed E-state index contributed by atoms with van der Waals surface area (Å²) in [6.45, 7) is 2.33. The Bertz CT molecular complexity index is 401. The van der Waals surface area contributed by atoms with E-state index in [-0.39, 0.29) is 12.0 Å². The molecule has 3 N–H and O–H groups in total. The van der Waals surface area contributed by atoms with E-state index < -0.39 is 13.0 Å². The van der Waals surface area contributed by atoms with E-state index in [4.69, 9.17) is 4.74 Å². The fourth-order valence-electron chi connectivity index (χ4n) is 2.19. The van der Waals surface area contributed by atoms with Gasteiger partial charge >= 0.3 is 0 Å². The SMILES string of the molecule is OC1CNCC1CNCc1ccc(OCC(F)F)cc1. The predicted octanol–water partition coefficient (Wildman–Crippen LogP) is 1.00. The van der Waals surface area contributed by atoms with Crippen molar-refractivity contribution in [3.8, 4) is 5.75 Å². The smallest absolute Gasteiger partial charge is 0.272 e. The summed E-state index contributed by atoms with van der Waals surface area (Å²) in [5.74, 6) is 0.688. The quantitative estimate of drug-likeness (QED) is 0.700. The van der Waals surface area contributed by atoms with E-state index in [0.29, 0.717) is 18.8 Å². The molecular formula is C14H20F2N2O2. The normalized spacial score (nSPS) is 22.4. The van der Waals surface area contributed by atoms with E-state index in [0.717, 1.165) is 18.7 Å². The Kier molecular flexibility index (Phi) is 5.70. The van der Waals surface area contributed by atoms with Gasteiger partial charge in [-0.3, -0.25) is 0 Å². The second-order valence-electron chi connectivity index (χ2n) is 4.96. The van der Waals surface area contributed by atoms with Gasteiger partial charge < -0.3 is 20.5 Å². The molecule has 0 radical (unpaired) electrons. The molecule has 4 nitrogen and oxygen atoms in total. The van der Waals surface area contributed by atoms with Gasteiger partial charge in [-0.15, -0.1) is 0 Å². The molecule has 1 aliphatic heterocycles. The van der Waals surface area contributed by atoms with Gasteiger partial charge in [-0.1, -0.05) is 12.1 Å². The average molecular weight is 286 g/mol. The van der Waals surface area contributed by atoms with Crippen LogP contribution in [-0.4, -0.2) is 43.9 Å². The van der Waals surface area contributed by atoms with Gasteiger partial charge in [0.1, 0.15) is 12.4 Å². The van der Waals surface area contributed by atoms with Gasteiger partial charge in [0, 0.05) is 32.1 Å². The molecule has 0 aromatic heterocycles. The molecule has 2 unspecified atom stereocenters. The highest BCUT2D eigenvalue weighted by Gasteiger charge is 2.23. The Morgan fingerprint density at radius 2 is 2.05 bits per heavy atom. The molecule has 112 valence electrons.